The zero-order valence-electron chi connectivity index (χ0n) is 6.30. The Morgan fingerprint density at radius 2 is 2.30 bits per heavy atom. The van der Waals surface area contributed by atoms with Gasteiger partial charge < -0.3 is 10.1 Å². The summed E-state index contributed by atoms with van der Waals surface area (Å²) in [7, 11) is 1.52. The van der Waals surface area contributed by atoms with E-state index in [4.69, 9.17) is 4.74 Å². The second-order valence-corrected chi connectivity index (χ2v) is 2.31. The van der Waals surface area contributed by atoms with Gasteiger partial charge in [0.25, 0.3) is 0 Å². The van der Waals surface area contributed by atoms with Crippen molar-refractivity contribution in [3.05, 3.63) is 11.2 Å². The van der Waals surface area contributed by atoms with Crippen molar-refractivity contribution in [1.29, 1.82) is 0 Å². The molecule has 0 radical (unpaired) electrons. The summed E-state index contributed by atoms with van der Waals surface area (Å²) >= 11 is 1.50. The van der Waals surface area contributed by atoms with Crippen LogP contribution in [0.25, 0.3) is 0 Å². The quantitative estimate of drug-likeness (QED) is 0.625. The number of nitrogens with one attached hydrogen (secondary N) is 1. The lowest BCUT2D eigenvalue weighted by atomic mass is 10.7. The molecule has 0 aromatic heterocycles. The highest BCUT2D eigenvalue weighted by Gasteiger charge is 1.96. The molecule has 0 aliphatic heterocycles. The van der Waals surface area contributed by atoms with Gasteiger partial charge in [-0.05, 0) is 13.2 Å². The monoisotopic (exact) mass is 161 g/mol. The predicted molar refractivity (Wildman–Crippen MR) is 42.8 cm³/mol. The van der Waals surface area contributed by atoms with E-state index in [1.807, 2.05) is 6.26 Å². The second kappa shape index (κ2) is 5.17. The van der Waals surface area contributed by atoms with Gasteiger partial charge in [0, 0.05) is 12.5 Å². The third-order valence-electron chi connectivity index (χ3n) is 0.742. The summed E-state index contributed by atoms with van der Waals surface area (Å²) in [5.41, 5.74) is 0. The molecule has 0 spiro atoms. The first-order valence-electron chi connectivity index (χ1n) is 2.79. The van der Waals surface area contributed by atoms with E-state index in [1.54, 1.807) is 12.3 Å². The van der Waals surface area contributed by atoms with Gasteiger partial charge in [0.05, 0.1) is 0 Å². The molecule has 0 aromatic carbocycles. The summed E-state index contributed by atoms with van der Waals surface area (Å²) in [4.78, 5) is 10.5. The highest BCUT2D eigenvalue weighted by molar-refractivity contribution is 8.01. The Bertz CT molecular complexity index is 145. The summed E-state index contributed by atoms with van der Waals surface area (Å²) in [6.45, 7) is 1.73. The highest BCUT2D eigenvalue weighted by Crippen LogP contribution is 2.03. The molecule has 0 atom stereocenters. The number of hydrogen-bond donors (Lipinski definition) is 1. The normalized spacial score (nSPS) is 10.9. The number of hydrogen-bond acceptors (Lipinski definition) is 3. The van der Waals surface area contributed by atoms with E-state index in [2.05, 4.69) is 5.32 Å². The standard InChI is InChI=1S/C6H11NO2S/c1-5(4-10-3)9-6(8)7-2/h4H,1-3H3,(H,7,8)/b5-4+. The predicted octanol–water partition coefficient (Wildman–Crippen LogP) is 1.57. The molecule has 0 heterocycles. The molecule has 3 nitrogen and oxygen atoms in total. The summed E-state index contributed by atoms with van der Waals surface area (Å²) in [6.07, 6.45) is 1.47. The first-order chi connectivity index (χ1) is 4.70. The van der Waals surface area contributed by atoms with Crippen molar-refractivity contribution in [1.82, 2.24) is 5.32 Å². The number of thioether (sulfide) groups is 1. The van der Waals surface area contributed by atoms with Crippen molar-refractivity contribution < 1.29 is 9.53 Å². The largest absolute Gasteiger partial charge is 0.415 e. The van der Waals surface area contributed by atoms with Gasteiger partial charge in [-0.15, -0.1) is 11.8 Å². The number of carbonyl (C=O) groups is 1. The average Bonchev–Trinajstić information content (AvgIpc) is 1.88. The smallest absolute Gasteiger partial charge is 0.412 e. The third-order valence-corrected chi connectivity index (χ3v) is 1.31. The van der Waals surface area contributed by atoms with Gasteiger partial charge in [-0.1, -0.05) is 0 Å². The molecule has 0 unspecified atom stereocenters. The molecule has 0 aliphatic rings. The first-order valence-corrected chi connectivity index (χ1v) is 4.08. The van der Waals surface area contributed by atoms with Gasteiger partial charge >= 0.3 is 6.09 Å². The zero-order valence-corrected chi connectivity index (χ0v) is 7.12. The maximum Gasteiger partial charge on any atom is 0.412 e. The van der Waals surface area contributed by atoms with Crippen LogP contribution >= 0.6 is 11.8 Å². The molecule has 1 N–H and O–H groups in total. The lowest BCUT2D eigenvalue weighted by Gasteiger charge is -2.00. The fraction of sp³-hybridized carbons (Fsp3) is 0.500. The van der Waals surface area contributed by atoms with Crippen LogP contribution in [0.5, 0.6) is 0 Å². The minimum atomic E-state index is -0.428. The lowest BCUT2D eigenvalue weighted by molar-refractivity contribution is 0.179. The van der Waals surface area contributed by atoms with Crippen LogP contribution in [0.4, 0.5) is 4.79 Å². The van der Waals surface area contributed by atoms with Crippen LogP contribution in [0.1, 0.15) is 6.92 Å². The number of allylic oxidation sites excluding steroid dienone is 1. The van der Waals surface area contributed by atoms with Crippen LogP contribution in [-0.4, -0.2) is 19.4 Å². The van der Waals surface area contributed by atoms with Gasteiger partial charge in [0.2, 0.25) is 0 Å². The SMILES string of the molecule is CNC(=O)O/C(C)=C/SC. The Morgan fingerprint density at radius 3 is 2.70 bits per heavy atom. The Kier molecular flexibility index (Phi) is 4.84. The number of ether oxygens (including phenoxy) is 1. The molecule has 1 amide bonds. The molecule has 0 aromatic rings. The van der Waals surface area contributed by atoms with Gasteiger partial charge in [0.1, 0.15) is 5.76 Å². The minimum Gasteiger partial charge on any atom is -0.415 e. The van der Waals surface area contributed by atoms with Gasteiger partial charge in [-0.2, -0.15) is 0 Å². The molecule has 0 aliphatic carbocycles. The molecular weight excluding hydrogens is 150 g/mol. The van der Waals surface area contributed by atoms with Crippen LogP contribution in [0.15, 0.2) is 11.2 Å². The van der Waals surface area contributed by atoms with Crippen LogP contribution in [0, 0.1) is 0 Å². The Labute approximate surface area is 64.8 Å². The Balaban J connectivity index is 3.67. The lowest BCUT2D eigenvalue weighted by Crippen LogP contribution is -2.18. The number of alkyl carbamates (subject to hydrolysis) is 1. The maximum atomic E-state index is 10.5. The van der Waals surface area contributed by atoms with E-state index < -0.39 is 6.09 Å². The molecule has 10 heavy (non-hydrogen) atoms. The first kappa shape index (κ1) is 9.36. The van der Waals surface area contributed by atoms with Crippen LogP contribution in [0.3, 0.4) is 0 Å². The van der Waals surface area contributed by atoms with Crippen LogP contribution < -0.4 is 5.32 Å². The number of carbonyl (C=O) groups excluding carboxylic acids is 1. The van der Waals surface area contributed by atoms with Crippen molar-refractivity contribution in [3.63, 3.8) is 0 Å². The minimum absolute atomic E-state index is 0.428. The maximum absolute atomic E-state index is 10.5. The third kappa shape index (κ3) is 4.26. The number of amides is 1. The Hall–Kier alpha value is -0.640. The topological polar surface area (TPSA) is 38.3 Å². The molecular formula is C6H11NO2S. The fourth-order valence-electron chi connectivity index (χ4n) is 0.387. The summed E-state index contributed by atoms with van der Waals surface area (Å²) in [6, 6.07) is 0. The van der Waals surface area contributed by atoms with Crippen molar-refractivity contribution in [2.75, 3.05) is 13.3 Å². The van der Waals surface area contributed by atoms with Crippen LogP contribution in [0.2, 0.25) is 0 Å². The van der Waals surface area contributed by atoms with Crippen molar-refractivity contribution in [2.45, 2.75) is 6.92 Å². The van der Waals surface area contributed by atoms with Crippen molar-refractivity contribution in [2.24, 2.45) is 0 Å². The van der Waals surface area contributed by atoms with E-state index in [0.29, 0.717) is 5.76 Å². The van der Waals surface area contributed by atoms with E-state index >= 15 is 0 Å². The van der Waals surface area contributed by atoms with Crippen LogP contribution in [-0.2, 0) is 4.74 Å². The summed E-state index contributed by atoms with van der Waals surface area (Å²) in [5.74, 6) is 0.604. The average molecular weight is 161 g/mol. The van der Waals surface area contributed by atoms with Gasteiger partial charge in [0.15, 0.2) is 0 Å². The van der Waals surface area contributed by atoms with E-state index in [1.165, 1.54) is 18.8 Å². The molecule has 0 bridgehead atoms. The molecule has 4 heteroatoms. The summed E-state index contributed by atoms with van der Waals surface area (Å²) < 4.78 is 4.73. The molecule has 0 fully saturated rings. The highest BCUT2D eigenvalue weighted by atomic mass is 32.2. The molecule has 0 rings (SSSR count). The van der Waals surface area contributed by atoms with E-state index in [9.17, 15) is 4.79 Å². The summed E-state index contributed by atoms with van der Waals surface area (Å²) in [5, 5.41) is 4.10. The fourth-order valence-corrected chi connectivity index (χ4v) is 0.767. The molecule has 0 saturated carbocycles. The zero-order chi connectivity index (χ0) is 7.98. The van der Waals surface area contributed by atoms with Gasteiger partial charge in [-0.3, -0.25) is 0 Å². The van der Waals surface area contributed by atoms with E-state index in [0.717, 1.165) is 0 Å². The van der Waals surface area contributed by atoms with E-state index in [-0.39, 0.29) is 0 Å². The molecule has 0 saturated heterocycles. The van der Waals surface area contributed by atoms with Gasteiger partial charge in [-0.25, -0.2) is 4.79 Å². The Morgan fingerprint density at radius 1 is 1.70 bits per heavy atom. The second-order valence-electron chi connectivity index (χ2n) is 1.60. The molecule has 58 valence electrons. The number of rotatable bonds is 2. The van der Waals surface area contributed by atoms with Crippen molar-refractivity contribution >= 4 is 17.9 Å². The van der Waals surface area contributed by atoms with Crippen molar-refractivity contribution in [3.8, 4) is 0 Å².